The fourth-order valence-corrected chi connectivity index (χ4v) is 3.66. The van der Waals surface area contributed by atoms with Crippen LogP contribution >= 0.6 is 0 Å². The van der Waals surface area contributed by atoms with E-state index in [-0.39, 0.29) is 0 Å². The SMILES string of the molecule is COc1ccc(CN)cc1.O=C(O)N1CCC2(CC1)CC(c1ccc(C(F)(F)F)cc1)=NO2. The number of piperidine rings is 1. The number of nitrogens with zero attached hydrogens (tertiary/aromatic N) is 2. The van der Waals surface area contributed by atoms with Gasteiger partial charge in [0.1, 0.15) is 11.4 Å². The van der Waals surface area contributed by atoms with Crippen LogP contribution in [0.2, 0.25) is 0 Å². The van der Waals surface area contributed by atoms with Crippen LogP contribution in [0.25, 0.3) is 0 Å². The summed E-state index contributed by atoms with van der Waals surface area (Å²) in [5.74, 6) is 0.872. The van der Waals surface area contributed by atoms with Crippen molar-refractivity contribution in [2.24, 2.45) is 10.9 Å². The van der Waals surface area contributed by atoms with Gasteiger partial charge in [-0.3, -0.25) is 0 Å². The van der Waals surface area contributed by atoms with Crippen LogP contribution in [0.3, 0.4) is 0 Å². The van der Waals surface area contributed by atoms with Crippen LogP contribution < -0.4 is 10.5 Å². The number of ether oxygens (including phenoxy) is 1. The lowest BCUT2D eigenvalue weighted by molar-refractivity contribution is -0.137. The molecule has 2 aromatic rings. The topological polar surface area (TPSA) is 97.4 Å². The minimum atomic E-state index is -4.36. The maximum atomic E-state index is 12.6. The van der Waals surface area contributed by atoms with Crippen LogP contribution in [0.5, 0.6) is 5.75 Å². The number of hydrogen-bond acceptors (Lipinski definition) is 5. The van der Waals surface area contributed by atoms with Gasteiger partial charge in [-0.25, -0.2) is 4.79 Å². The lowest BCUT2D eigenvalue weighted by Crippen LogP contribution is -2.46. The Morgan fingerprint density at radius 3 is 2.24 bits per heavy atom. The Hall–Kier alpha value is -3.27. The molecule has 0 aliphatic carbocycles. The average Bonchev–Trinajstić information content (AvgIpc) is 3.22. The van der Waals surface area contributed by atoms with Crippen molar-refractivity contribution >= 4 is 11.8 Å². The molecule has 1 amide bonds. The van der Waals surface area contributed by atoms with E-state index in [1.54, 1.807) is 7.11 Å². The standard InChI is InChI=1S/C15H15F3N2O3.C8H11NO/c16-15(17,18)11-3-1-10(2-4-11)12-9-14(23-19-12)5-7-20(8-6-14)13(21)22;1-10-8-4-2-7(6-9)3-5-8/h1-4H,5-9H2,(H,21,22);2-5H,6,9H2,1H3. The molecule has 3 N–H and O–H groups in total. The maximum absolute atomic E-state index is 12.6. The second-order valence-corrected chi connectivity index (χ2v) is 7.89. The molecule has 10 heteroatoms. The van der Waals surface area contributed by atoms with Gasteiger partial charge < -0.3 is 25.3 Å². The largest absolute Gasteiger partial charge is 0.497 e. The van der Waals surface area contributed by atoms with E-state index in [1.807, 2.05) is 24.3 Å². The number of nitrogens with two attached hydrogens (primary N) is 1. The monoisotopic (exact) mass is 465 g/mol. The minimum absolute atomic E-state index is 0.366. The zero-order valence-electron chi connectivity index (χ0n) is 18.1. The summed E-state index contributed by atoms with van der Waals surface area (Å²) in [7, 11) is 1.65. The van der Waals surface area contributed by atoms with Crippen molar-refractivity contribution in [2.45, 2.75) is 37.6 Å². The molecule has 2 heterocycles. The number of carbonyl (C=O) groups is 1. The van der Waals surface area contributed by atoms with Gasteiger partial charge in [0.05, 0.1) is 18.4 Å². The zero-order valence-corrected chi connectivity index (χ0v) is 18.1. The lowest BCUT2D eigenvalue weighted by Gasteiger charge is -2.35. The number of rotatable bonds is 3. The maximum Gasteiger partial charge on any atom is 0.416 e. The summed E-state index contributed by atoms with van der Waals surface area (Å²) < 4.78 is 42.7. The van der Waals surface area contributed by atoms with Crippen molar-refractivity contribution < 1.29 is 32.6 Å². The predicted molar refractivity (Wildman–Crippen MR) is 116 cm³/mol. The number of benzene rings is 2. The van der Waals surface area contributed by atoms with Gasteiger partial charge in [0, 0.05) is 38.9 Å². The third-order valence-electron chi connectivity index (χ3n) is 5.72. The summed E-state index contributed by atoms with van der Waals surface area (Å²) in [6, 6.07) is 12.5. The summed E-state index contributed by atoms with van der Waals surface area (Å²) in [6.45, 7) is 1.32. The second-order valence-electron chi connectivity index (χ2n) is 7.89. The number of alkyl halides is 3. The summed E-state index contributed by atoms with van der Waals surface area (Å²) >= 11 is 0. The summed E-state index contributed by atoms with van der Waals surface area (Å²) in [6.07, 6.45) is -3.80. The highest BCUT2D eigenvalue weighted by molar-refractivity contribution is 6.01. The third kappa shape index (κ3) is 6.16. The highest BCUT2D eigenvalue weighted by atomic mass is 19.4. The Bertz CT molecular complexity index is 945. The first-order chi connectivity index (χ1) is 15.7. The Labute approximate surface area is 189 Å². The van der Waals surface area contributed by atoms with Crippen LogP contribution in [0, 0.1) is 0 Å². The van der Waals surface area contributed by atoms with E-state index in [2.05, 4.69) is 5.16 Å². The van der Waals surface area contributed by atoms with Crippen LogP contribution in [0.4, 0.5) is 18.0 Å². The van der Waals surface area contributed by atoms with Crippen LogP contribution in [-0.4, -0.2) is 47.6 Å². The molecule has 0 radical (unpaired) electrons. The molecule has 0 atom stereocenters. The quantitative estimate of drug-likeness (QED) is 0.696. The van der Waals surface area contributed by atoms with E-state index in [9.17, 15) is 18.0 Å². The fraction of sp³-hybridized carbons (Fsp3) is 0.391. The van der Waals surface area contributed by atoms with E-state index in [4.69, 9.17) is 20.4 Å². The van der Waals surface area contributed by atoms with E-state index in [0.717, 1.165) is 23.4 Å². The Morgan fingerprint density at radius 1 is 1.15 bits per heavy atom. The van der Waals surface area contributed by atoms with Crippen molar-refractivity contribution in [3.8, 4) is 5.75 Å². The highest BCUT2D eigenvalue weighted by Crippen LogP contribution is 2.36. The van der Waals surface area contributed by atoms with Gasteiger partial charge in [-0.15, -0.1) is 0 Å². The lowest BCUT2D eigenvalue weighted by atomic mass is 9.85. The van der Waals surface area contributed by atoms with Gasteiger partial charge in [-0.1, -0.05) is 29.4 Å². The van der Waals surface area contributed by atoms with Gasteiger partial charge in [0.15, 0.2) is 0 Å². The minimum Gasteiger partial charge on any atom is -0.497 e. The molecule has 0 saturated carbocycles. The molecular weight excluding hydrogens is 439 g/mol. The number of oxime groups is 1. The summed E-state index contributed by atoms with van der Waals surface area (Å²) in [4.78, 5) is 17.8. The molecular formula is C23H26F3N3O4. The van der Waals surface area contributed by atoms with Gasteiger partial charge >= 0.3 is 12.3 Å². The first kappa shape index (κ1) is 24.4. The normalized spacial score (nSPS) is 17.0. The van der Waals surface area contributed by atoms with Crippen molar-refractivity contribution in [2.75, 3.05) is 20.2 Å². The smallest absolute Gasteiger partial charge is 0.416 e. The van der Waals surface area contributed by atoms with Gasteiger partial charge in [-0.2, -0.15) is 13.2 Å². The molecule has 2 aliphatic rings. The van der Waals surface area contributed by atoms with Crippen LogP contribution in [0.1, 0.15) is 36.0 Å². The highest BCUT2D eigenvalue weighted by Gasteiger charge is 2.43. The van der Waals surface area contributed by atoms with E-state index < -0.39 is 23.4 Å². The number of hydrogen-bond donors (Lipinski definition) is 2. The van der Waals surface area contributed by atoms with Crippen molar-refractivity contribution in [3.63, 3.8) is 0 Å². The molecule has 0 aromatic heterocycles. The molecule has 178 valence electrons. The number of halogens is 3. The molecule has 2 aromatic carbocycles. The molecule has 2 aliphatic heterocycles. The average molecular weight is 465 g/mol. The molecule has 1 saturated heterocycles. The summed E-state index contributed by atoms with van der Waals surface area (Å²) in [5, 5.41) is 13.0. The van der Waals surface area contributed by atoms with Crippen molar-refractivity contribution in [1.82, 2.24) is 4.90 Å². The second kappa shape index (κ2) is 10.1. The molecule has 0 unspecified atom stereocenters. The van der Waals surface area contributed by atoms with E-state index in [0.29, 0.717) is 50.2 Å². The predicted octanol–water partition coefficient (Wildman–Crippen LogP) is 4.50. The zero-order chi connectivity index (χ0) is 24.1. The molecule has 0 bridgehead atoms. The Kier molecular flexibility index (Phi) is 7.47. The first-order valence-corrected chi connectivity index (χ1v) is 10.4. The number of carboxylic acid groups (broad SMARTS) is 1. The Morgan fingerprint density at radius 2 is 1.76 bits per heavy atom. The first-order valence-electron chi connectivity index (χ1n) is 10.4. The number of likely N-dealkylation sites (tertiary alicyclic amines) is 1. The number of amides is 1. The molecule has 33 heavy (non-hydrogen) atoms. The molecule has 1 fully saturated rings. The van der Waals surface area contributed by atoms with Crippen LogP contribution in [0.15, 0.2) is 53.7 Å². The summed E-state index contributed by atoms with van der Waals surface area (Å²) in [5.41, 5.74) is 6.48. The van der Waals surface area contributed by atoms with E-state index in [1.165, 1.54) is 17.0 Å². The molecule has 4 rings (SSSR count). The van der Waals surface area contributed by atoms with Crippen molar-refractivity contribution in [3.05, 3.63) is 65.2 Å². The van der Waals surface area contributed by atoms with Gasteiger partial charge in [0.2, 0.25) is 0 Å². The van der Waals surface area contributed by atoms with E-state index >= 15 is 0 Å². The Balaban J connectivity index is 0.000000257. The van der Waals surface area contributed by atoms with Crippen molar-refractivity contribution in [1.29, 1.82) is 0 Å². The van der Waals surface area contributed by atoms with Gasteiger partial charge in [-0.05, 0) is 35.4 Å². The fourth-order valence-electron chi connectivity index (χ4n) is 3.66. The number of methoxy groups -OCH3 is 1. The van der Waals surface area contributed by atoms with Gasteiger partial charge in [0.25, 0.3) is 0 Å². The molecule has 1 spiro atoms. The molecule has 7 nitrogen and oxygen atoms in total. The third-order valence-corrected chi connectivity index (χ3v) is 5.72. The van der Waals surface area contributed by atoms with Crippen LogP contribution in [-0.2, 0) is 17.6 Å².